The molecule has 0 spiro atoms. The summed E-state index contributed by atoms with van der Waals surface area (Å²) >= 11 is 0. The molecule has 0 unspecified atom stereocenters. The Morgan fingerprint density at radius 2 is 0.647 bits per heavy atom. The van der Waals surface area contributed by atoms with Crippen LogP contribution in [-0.4, -0.2) is 57.6 Å². The van der Waals surface area contributed by atoms with Crippen molar-refractivity contribution in [1.82, 2.24) is 0 Å². The standard InChI is InChI=1S/C8H4F9Si.3C4H10O.Zr/c9-6(10,11)18(7(12,13)14,8(15,16)17)5-3-1-2-4-5;3*1-4(2,3)5;/h1-4H;3*5H,1-3H3;/q-1;;;;. The molecule has 0 fully saturated rings. The molecule has 0 bridgehead atoms. The summed E-state index contributed by atoms with van der Waals surface area (Å²) < 4.78 is 113. The summed E-state index contributed by atoms with van der Waals surface area (Å²) in [6, 6.07) is 1.84. The molecule has 0 aliphatic carbocycles. The Hall–Kier alpha value is -0.300. The van der Waals surface area contributed by atoms with Crippen LogP contribution < -0.4 is 5.19 Å². The molecule has 0 saturated heterocycles. The second kappa shape index (κ2) is 13.9. The zero-order valence-electron chi connectivity index (χ0n) is 20.6. The van der Waals surface area contributed by atoms with Crippen molar-refractivity contribution in [2.75, 3.05) is 0 Å². The van der Waals surface area contributed by atoms with Crippen LogP contribution in [0.2, 0.25) is 0 Å². The van der Waals surface area contributed by atoms with Gasteiger partial charge < -0.3 is 15.3 Å². The van der Waals surface area contributed by atoms with Crippen LogP contribution in [0.4, 0.5) is 39.5 Å². The molecule has 1 rings (SSSR count). The van der Waals surface area contributed by atoms with Gasteiger partial charge in [-0.2, -0.15) is 51.6 Å². The van der Waals surface area contributed by atoms with Gasteiger partial charge in [0, 0.05) is 26.2 Å². The third-order valence-corrected chi connectivity index (χ3v) is 6.12. The molecule has 0 atom stereocenters. The molecule has 3 nitrogen and oxygen atoms in total. The minimum absolute atomic E-state index is 0. The molecule has 3 N–H and O–H groups in total. The summed E-state index contributed by atoms with van der Waals surface area (Å²) in [6.07, 6.45) is 0. The van der Waals surface area contributed by atoms with Gasteiger partial charge in [0.05, 0.1) is 16.8 Å². The quantitative estimate of drug-likeness (QED) is 0.217. The molecule has 0 aliphatic heterocycles. The molecule has 0 saturated carbocycles. The Morgan fingerprint density at radius 1 is 0.500 bits per heavy atom. The van der Waals surface area contributed by atoms with E-state index in [-0.39, 0.29) is 38.3 Å². The number of hydrogen-bond acceptors (Lipinski definition) is 3. The van der Waals surface area contributed by atoms with Crippen molar-refractivity contribution < 1.29 is 81.0 Å². The second-order valence-corrected chi connectivity index (χ2v) is 13.7. The van der Waals surface area contributed by atoms with E-state index in [9.17, 15) is 39.5 Å². The van der Waals surface area contributed by atoms with E-state index < -0.39 is 47.5 Å². The van der Waals surface area contributed by atoms with Crippen LogP contribution in [0, 0.1) is 0 Å². The molecule has 14 heteroatoms. The third kappa shape index (κ3) is 19.0. The van der Waals surface area contributed by atoms with Gasteiger partial charge in [-0.3, -0.25) is 0 Å². The number of rotatable bonds is 1. The van der Waals surface area contributed by atoms with E-state index in [1.807, 2.05) is 0 Å². The zero-order chi connectivity index (χ0) is 27.9. The fraction of sp³-hybridized carbons (Fsp3) is 0.750. The first-order chi connectivity index (χ1) is 13.9. The Morgan fingerprint density at radius 3 is 0.765 bits per heavy atom. The van der Waals surface area contributed by atoms with Crippen LogP contribution in [0.3, 0.4) is 0 Å². The van der Waals surface area contributed by atoms with Gasteiger partial charge in [-0.25, -0.2) is 12.1 Å². The minimum Gasteiger partial charge on any atom is -0.391 e. The molecule has 1 aromatic carbocycles. The van der Waals surface area contributed by atoms with E-state index >= 15 is 0 Å². The summed E-state index contributed by atoms with van der Waals surface area (Å²) in [4.78, 5) is 0. The first-order valence-electron chi connectivity index (χ1n) is 9.45. The van der Waals surface area contributed by atoms with Crippen molar-refractivity contribution in [3.05, 3.63) is 24.3 Å². The fourth-order valence-corrected chi connectivity index (χ4v) is 4.24. The van der Waals surface area contributed by atoms with Crippen molar-refractivity contribution in [3.8, 4) is 0 Å². The molecule has 34 heavy (non-hydrogen) atoms. The van der Waals surface area contributed by atoms with Crippen molar-refractivity contribution in [3.63, 3.8) is 0 Å². The normalized spacial score (nSPS) is 13.2. The summed E-state index contributed by atoms with van der Waals surface area (Å²) in [7, 11) is -7.72. The van der Waals surface area contributed by atoms with Gasteiger partial charge in [-0.15, -0.1) is 5.19 Å². The van der Waals surface area contributed by atoms with E-state index in [0.717, 1.165) is 0 Å². The van der Waals surface area contributed by atoms with E-state index in [1.54, 1.807) is 62.3 Å². The number of aliphatic hydroxyl groups is 3. The van der Waals surface area contributed by atoms with Gasteiger partial charge in [0.2, 0.25) is 0 Å². The summed E-state index contributed by atoms with van der Waals surface area (Å²) in [5, 5.41) is 23.8. The smallest absolute Gasteiger partial charge is 0.391 e. The Bertz CT molecular complexity index is 567. The van der Waals surface area contributed by atoms with Crippen LogP contribution in [0.1, 0.15) is 62.3 Å². The predicted octanol–water partition coefficient (Wildman–Crippen LogP) is 5.69. The van der Waals surface area contributed by atoms with Gasteiger partial charge in [0.1, 0.15) is 0 Å². The molecule has 0 aromatic heterocycles. The molecule has 0 aliphatic rings. The van der Waals surface area contributed by atoms with Crippen LogP contribution in [-0.2, 0) is 26.2 Å². The first-order valence-corrected chi connectivity index (χ1v) is 11.4. The van der Waals surface area contributed by atoms with Gasteiger partial charge in [-0.05, 0) is 62.3 Å². The predicted molar refractivity (Wildman–Crippen MR) is 112 cm³/mol. The molecule has 0 heterocycles. The SMILES string of the molecule is CC(C)(C)O.CC(C)(C)O.CC(C)(C)O.FC(F)(F)[Si]([c-]1cccc1)(C(F)(F)F)C(F)(F)F.[Zr]. The third-order valence-electron chi connectivity index (χ3n) is 2.37. The topological polar surface area (TPSA) is 60.7 Å². The molecule has 1 aromatic rings. The van der Waals surface area contributed by atoms with Crippen molar-refractivity contribution >= 4 is 13.3 Å². The summed E-state index contributed by atoms with van der Waals surface area (Å²) in [6.45, 7) is 15.7. The Labute approximate surface area is 214 Å². The number of hydrogen-bond donors (Lipinski definition) is 3. The van der Waals surface area contributed by atoms with Crippen LogP contribution in [0.15, 0.2) is 24.3 Å². The summed E-state index contributed by atoms with van der Waals surface area (Å²) in [5.41, 5.74) is -1.50. The number of alkyl halides is 9. The van der Waals surface area contributed by atoms with Gasteiger partial charge in [0.15, 0.2) is 0 Å². The van der Waals surface area contributed by atoms with Gasteiger partial charge >= 0.3 is 25.5 Å². The number of halogens is 9. The van der Waals surface area contributed by atoms with E-state index in [2.05, 4.69) is 0 Å². The fourth-order valence-electron chi connectivity index (χ4n) is 1.60. The second-order valence-electron chi connectivity index (χ2n) is 9.93. The largest absolute Gasteiger partial charge is 0.399 e. The van der Waals surface area contributed by atoms with E-state index in [0.29, 0.717) is 12.1 Å². The average molecular weight is 613 g/mol. The molecule has 204 valence electrons. The van der Waals surface area contributed by atoms with E-state index in [4.69, 9.17) is 15.3 Å². The first kappa shape index (κ1) is 40.9. The average Bonchev–Trinajstić information content (AvgIpc) is 2.80. The minimum atomic E-state index is -7.72. The van der Waals surface area contributed by atoms with Crippen LogP contribution in [0.25, 0.3) is 0 Å². The zero-order valence-corrected chi connectivity index (χ0v) is 24.0. The van der Waals surface area contributed by atoms with E-state index in [1.165, 1.54) is 0 Å². The Balaban J connectivity index is -0.000000231. The Kier molecular flexibility index (Phi) is 16.6. The maximum atomic E-state index is 12.6. The van der Waals surface area contributed by atoms with Crippen LogP contribution >= 0.6 is 0 Å². The van der Waals surface area contributed by atoms with Crippen molar-refractivity contribution in [2.45, 2.75) is 96.5 Å². The molecule has 0 radical (unpaired) electrons. The van der Waals surface area contributed by atoms with Crippen LogP contribution in [0.5, 0.6) is 0 Å². The monoisotopic (exact) mass is 611 g/mol. The van der Waals surface area contributed by atoms with Gasteiger partial charge in [0.25, 0.3) is 0 Å². The summed E-state index contributed by atoms with van der Waals surface area (Å²) in [5.74, 6) is -19.2. The van der Waals surface area contributed by atoms with Gasteiger partial charge in [-0.1, -0.05) is 0 Å². The van der Waals surface area contributed by atoms with Crippen molar-refractivity contribution in [2.24, 2.45) is 0 Å². The molecular formula is C20H34F9O3SiZr-. The molecular weight excluding hydrogens is 579 g/mol. The van der Waals surface area contributed by atoms with Crippen molar-refractivity contribution in [1.29, 1.82) is 0 Å². The maximum absolute atomic E-state index is 12.6. The maximum Gasteiger partial charge on any atom is 0.399 e. The molecule has 0 amide bonds.